The Morgan fingerprint density at radius 3 is 2.80 bits per heavy atom. The molecule has 1 aliphatic carbocycles. The number of carbonyl (C=O) groups excluding carboxylic acids is 2. The van der Waals surface area contributed by atoms with Crippen LogP contribution in [0.3, 0.4) is 0 Å². The molecular formula is C19H18FNO4. The summed E-state index contributed by atoms with van der Waals surface area (Å²) in [7, 11) is 0. The van der Waals surface area contributed by atoms with Gasteiger partial charge in [-0.2, -0.15) is 0 Å². The van der Waals surface area contributed by atoms with Crippen LogP contribution in [0.5, 0.6) is 0 Å². The molecule has 0 spiro atoms. The first kappa shape index (κ1) is 17.1. The summed E-state index contributed by atoms with van der Waals surface area (Å²) in [6, 6.07) is 5.99. The van der Waals surface area contributed by atoms with Crippen LogP contribution in [0.4, 0.5) is 4.39 Å². The molecule has 0 saturated heterocycles. The molecule has 2 aliphatic rings. The second kappa shape index (κ2) is 7.01. The number of carboxylic acid groups (broad SMARTS) is 1. The minimum absolute atomic E-state index is 0.198. The number of ketones is 2. The maximum Gasteiger partial charge on any atom is 0.340 e. The molecule has 3 rings (SSSR count). The summed E-state index contributed by atoms with van der Waals surface area (Å²) in [5.74, 6) is -3.38. The van der Waals surface area contributed by atoms with Crippen molar-refractivity contribution in [2.45, 2.75) is 25.3 Å². The summed E-state index contributed by atoms with van der Waals surface area (Å²) in [5.41, 5.74) is 0.0603. The molecule has 1 fully saturated rings. The van der Waals surface area contributed by atoms with Crippen LogP contribution in [-0.2, 0) is 14.4 Å². The SMILES string of the molecule is O=C(O)C1=CN(C/C=C/c2ccccc2F)C2CCCC(=O)C2C1=O. The van der Waals surface area contributed by atoms with Crippen LogP contribution < -0.4 is 0 Å². The van der Waals surface area contributed by atoms with Gasteiger partial charge in [-0.15, -0.1) is 0 Å². The van der Waals surface area contributed by atoms with Crippen LogP contribution in [-0.4, -0.2) is 40.1 Å². The van der Waals surface area contributed by atoms with Gasteiger partial charge in [0.25, 0.3) is 0 Å². The molecule has 1 aromatic carbocycles. The van der Waals surface area contributed by atoms with Crippen molar-refractivity contribution in [2.75, 3.05) is 6.54 Å². The lowest BCUT2D eigenvalue weighted by atomic mass is 9.76. The third-order valence-electron chi connectivity index (χ3n) is 4.67. The van der Waals surface area contributed by atoms with E-state index in [1.54, 1.807) is 35.3 Å². The van der Waals surface area contributed by atoms with Crippen LogP contribution in [0.1, 0.15) is 24.8 Å². The standard InChI is InChI=1S/C19H18FNO4/c20-14-7-2-1-5-12(14)6-4-10-21-11-13(19(24)25)18(23)17-15(21)8-3-9-16(17)22/h1-2,4-7,11,15,17H,3,8-10H2,(H,24,25)/b6-4+. The topological polar surface area (TPSA) is 74.7 Å². The summed E-state index contributed by atoms with van der Waals surface area (Å²) >= 11 is 0. The fourth-order valence-electron chi connectivity index (χ4n) is 3.45. The maximum absolute atomic E-state index is 13.7. The Balaban J connectivity index is 1.85. The Bertz CT molecular complexity index is 783. The first-order chi connectivity index (χ1) is 12.0. The Hall–Kier alpha value is -2.76. The number of rotatable bonds is 4. The Morgan fingerprint density at radius 1 is 1.32 bits per heavy atom. The minimum atomic E-state index is -1.33. The number of halogens is 1. The zero-order valence-electron chi connectivity index (χ0n) is 13.5. The smallest absolute Gasteiger partial charge is 0.340 e. The predicted octanol–water partition coefficient (Wildman–Crippen LogP) is 2.43. The zero-order chi connectivity index (χ0) is 18.0. The molecule has 1 heterocycles. The number of carbonyl (C=O) groups is 3. The summed E-state index contributed by atoms with van der Waals surface area (Å²) in [6.07, 6.45) is 6.27. The van der Waals surface area contributed by atoms with Crippen molar-refractivity contribution >= 4 is 23.6 Å². The van der Waals surface area contributed by atoms with Crippen molar-refractivity contribution in [3.63, 3.8) is 0 Å². The molecule has 1 aliphatic heterocycles. The third kappa shape index (κ3) is 3.38. The fourth-order valence-corrected chi connectivity index (χ4v) is 3.45. The normalized spacial score (nSPS) is 23.6. The van der Waals surface area contributed by atoms with Crippen molar-refractivity contribution in [3.05, 3.63) is 53.5 Å². The highest BCUT2D eigenvalue weighted by atomic mass is 19.1. The van der Waals surface area contributed by atoms with E-state index in [-0.39, 0.29) is 23.2 Å². The highest BCUT2D eigenvalue weighted by Gasteiger charge is 2.45. The molecule has 25 heavy (non-hydrogen) atoms. The molecule has 0 amide bonds. The van der Waals surface area contributed by atoms with Gasteiger partial charge in [-0.25, -0.2) is 9.18 Å². The van der Waals surface area contributed by atoms with Crippen molar-refractivity contribution in [3.8, 4) is 0 Å². The monoisotopic (exact) mass is 343 g/mol. The molecule has 6 heteroatoms. The molecule has 130 valence electrons. The number of hydrogen-bond donors (Lipinski definition) is 1. The van der Waals surface area contributed by atoms with Gasteiger partial charge in [0.1, 0.15) is 23.1 Å². The van der Waals surface area contributed by atoms with E-state index in [0.717, 1.165) is 0 Å². The second-order valence-electron chi connectivity index (χ2n) is 6.24. The zero-order valence-corrected chi connectivity index (χ0v) is 13.5. The average Bonchev–Trinajstić information content (AvgIpc) is 2.58. The number of benzene rings is 1. The van der Waals surface area contributed by atoms with Gasteiger partial charge in [-0.05, 0) is 18.9 Å². The quantitative estimate of drug-likeness (QED) is 0.671. The molecular weight excluding hydrogens is 325 g/mol. The summed E-state index contributed by atoms with van der Waals surface area (Å²) < 4.78 is 13.7. The lowest BCUT2D eigenvalue weighted by molar-refractivity contribution is -0.140. The van der Waals surface area contributed by atoms with Gasteiger partial charge in [-0.3, -0.25) is 9.59 Å². The molecule has 5 nitrogen and oxygen atoms in total. The van der Waals surface area contributed by atoms with Gasteiger partial charge >= 0.3 is 5.97 Å². The van der Waals surface area contributed by atoms with Crippen LogP contribution in [0.25, 0.3) is 6.08 Å². The molecule has 1 saturated carbocycles. The Morgan fingerprint density at radius 2 is 2.08 bits per heavy atom. The summed E-state index contributed by atoms with van der Waals surface area (Å²) in [6.45, 7) is 0.298. The second-order valence-corrected chi connectivity index (χ2v) is 6.24. The van der Waals surface area contributed by atoms with Crippen molar-refractivity contribution in [1.82, 2.24) is 4.90 Å². The predicted molar refractivity (Wildman–Crippen MR) is 89.0 cm³/mol. The number of aliphatic carboxylic acids is 1. The minimum Gasteiger partial charge on any atom is -0.478 e. The molecule has 2 atom stereocenters. The van der Waals surface area contributed by atoms with Crippen molar-refractivity contribution < 1.29 is 23.9 Å². The molecule has 0 bridgehead atoms. The van der Waals surface area contributed by atoms with Gasteiger partial charge in [0.2, 0.25) is 0 Å². The van der Waals surface area contributed by atoms with Gasteiger partial charge in [-0.1, -0.05) is 30.4 Å². The number of fused-ring (bicyclic) bond motifs is 1. The van der Waals surface area contributed by atoms with E-state index >= 15 is 0 Å². The molecule has 0 aromatic heterocycles. The number of carboxylic acids is 1. The van der Waals surface area contributed by atoms with E-state index in [1.165, 1.54) is 12.3 Å². The van der Waals surface area contributed by atoms with Gasteiger partial charge in [0, 0.05) is 30.8 Å². The summed E-state index contributed by atoms with van der Waals surface area (Å²) in [4.78, 5) is 37.5. The van der Waals surface area contributed by atoms with E-state index in [1.807, 2.05) is 0 Å². The van der Waals surface area contributed by atoms with Gasteiger partial charge in [0.15, 0.2) is 5.78 Å². The van der Waals surface area contributed by atoms with E-state index in [0.29, 0.717) is 31.4 Å². The molecule has 2 unspecified atom stereocenters. The van der Waals surface area contributed by atoms with Gasteiger partial charge < -0.3 is 10.0 Å². The lowest BCUT2D eigenvalue weighted by Crippen LogP contribution is -2.51. The van der Waals surface area contributed by atoms with Crippen LogP contribution in [0, 0.1) is 11.7 Å². The Labute approximate surface area is 144 Å². The van der Waals surface area contributed by atoms with Crippen molar-refractivity contribution in [1.29, 1.82) is 0 Å². The lowest BCUT2D eigenvalue weighted by Gasteiger charge is -2.40. The Kier molecular flexibility index (Phi) is 4.79. The summed E-state index contributed by atoms with van der Waals surface area (Å²) in [5, 5.41) is 9.25. The fraction of sp³-hybridized carbons (Fsp3) is 0.316. The van der Waals surface area contributed by atoms with E-state index in [9.17, 15) is 23.9 Å². The van der Waals surface area contributed by atoms with Gasteiger partial charge in [0.05, 0.1) is 0 Å². The average molecular weight is 343 g/mol. The van der Waals surface area contributed by atoms with E-state index in [2.05, 4.69) is 0 Å². The first-order valence-corrected chi connectivity index (χ1v) is 8.18. The largest absolute Gasteiger partial charge is 0.478 e. The highest BCUT2D eigenvalue weighted by Crippen LogP contribution is 2.33. The van der Waals surface area contributed by atoms with E-state index in [4.69, 9.17) is 0 Å². The number of hydrogen-bond acceptors (Lipinski definition) is 4. The van der Waals surface area contributed by atoms with E-state index < -0.39 is 17.7 Å². The van der Waals surface area contributed by atoms with Crippen LogP contribution in [0.2, 0.25) is 0 Å². The van der Waals surface area contributed by atoms with Crippen LogP contribution in [0.15, 0.2) is 42.1 Å². The van der Waals surface area contributed by atoms with Crippen molar-refractivity contribution in [2.24, 2.45) is 5.92 Å². The first-order valence-electron chi connectivity index (χ1n) is 8.18. The maximum atomic E-state index is 13.7. The third-order valence-corrected chi connectivity index (χ3v) is 4.67. The molecule has 0 radical (unpaired) electrons. The van der Waals surface area contributed by atoms with Crippen LogP contribution >= 0.6 is 0 Å². The highest BCUT2D eigenvalue weighted by molar-refractivity contribution is 6.23. The number of nitrogens with zero attached hydrogens (tertiary/aromatic N) is 1. The number of Topliss-reactive ketones (excluding diaryl/α,β-unsaturated/α-hetero) is 2. The molecule has 1 N–H and O–H groups in total. The molecule has 1 aromatic rings.